The first kappa shape index (κ1) is 39.3. The standard InChI is InChI=1S/C14H25F2N2.3BF4.K/c1-13(2,18-10-8-17(3)9-11-18)12-4-6-14(15,16)7-5-12;3*2-1(3,4)5;/h12H,3-11H2,1-2H3;;;;/q4*-1;+1. The number of hydrogen-bond donors (Lipinski definition) is 0. The molecular formula is C14H25B3F14KN2-3. The van der Waals surface area contributed by atoms with E-state index >= 15 is 0 Å². The second-order valence-electron chi connectivity index (χ2n) is 7.87. The second kappa shape index (κ2) is 15.9. The third-order valence-corrected chi connectivity index (χ3v) is 4.90. The van der Waals surface area contributed by atoms with Crippen LogP contribution in [0.2, 0.25) is 0 Å². The molecule has 1 saturated carbocycles. The second-order valence-corrected chi connectivity index (χ2v) is 7.87. The van der Waals surface area contributed by atoms with Gasteiger partial charge >= 0.3 is 73.1 Å². The van der Waals surface area contributed by atoms with E-state index in [-0.39, 0.29) is 69.8 Å². The predicted octanol–water partition coefficient (Wildman–Crippen LogP) is 3.90. The van der Waals surface area contributed by atoms with Crippen molar-refractivity contribution in [3.05, 3.63) is 7.05 Å². The zero-order chi connectivity index (χ0) is 26.9. The van der Waals surface area contributed by atoms with Crippen molar-refractivity contribution in [1.29, 1.82) is 0 Å². The van der Waals surface area contributed by atoms with Gasteiger partial charge in [0.2, 0.25) is 5.92 Å². The van der Waals surface area contributed by atoms with Gasteiger partial charge in [0, 0.05) is 31.5 Å². The molecule has 0 N–H and O–H groups in total. The van der Waals surface area contributed by atoms with E-state index in [1.807, 2.05) is 0 Å². The average Bonchev–Trinajstić information content (AvgIpc) is 2.50. The fourth-order valence-electron chi connectivity index (χ4n) is 3.33. The van der Waals surface area contributed by atoms with Crippen molar-refractivity contribution in [3.63, 3.8) is 0 Å². The summed E-state index contributed by atoms with van der Waals surface area (Å²) in [5, 5.41) is 0. The zero-order valence-corrected chi connectivity index (χ0v) is 22.0. The van der Waals surface area contributed by atoms with Crippen LogP contribution in [0.5, 0.6) is 0 Å². The smallest absolute Gasteiger partial charge is 0.457 e. The maximum Gasteiger partial charge on any atom is 1.00 e. The summed E-state index contributed by atoms with van der Waals surface area (Å²) < 4.78 is 143. The molecule has 34 heavy (non-hydrogen) atoms. The molecule has 0 aromatic heterocycles. The van der Waals surface area contributed by atoms with Crippen molar-refractivity contribution in [2.75, 3.05) is 26.2 Å². The summed E-state index contributed by atoms with van der Waals surface area (Å²) in [5.41, 5.74) is 0.0394. The van der Waals surface area contributed by atoms with Crippen molar-refractivity contribution in [1.82, 2.24) is 9.80 Å². The Bertz CT molecular complexity index is 481. The Balaban J connectivity index is -0.000000496. The van der Waals surface area contributed by atoms with Crippen LogP contribution in [0.25, 0.3) is 0 Å². The van der Waals surface area contributed by atoms with E-state index in [0.29, 0.717) is 18.8 Å². The number of rotatable bonds is 2. The summed E-state index contributed by atoms with van der Waals surface area (Å²) in [6.07, 6.45) is 1.45. The largest absolute Gasteiger partial charge is 1.00 e. The van der Waals surface area contributed by atoms with Gasteiger partial charge in [0.25, 0.3) is 0 Å². The Labute approximate surface area is 232 Å². The Morgan fingerprint density at radius 1 is 0.676 bits per heavy atom. The molecule has 0 amide bonds. The minimum absolute atomic E-state index is 0. The molecule has 0 bridgehead atoms. The van der Waals surface area contributed by atoms with Gasteiger partial charge in [-0.25, -0.2) is 8.78 Å². The molecule has 0 aromatic carbocycles. The minimum Gasteiger partial charge on any atom is -0.457 e. The fraction of sp³-hybridized carbons (Fsp3) is 0.929. The van der Waals surface area contributed by atoms with E-state index in [2.05, 4.69) is 30.7 Å². The van der Waals surface area contributed by atoms with Crippen LogP contribution in [0, 0.1) is 13.0 Å². The van der Waals surface area contributed by atoms with Gasteiger partial charge in [-0.1, -0.05) is 0 Å². The van der Waals surface area contributed by atoms with Crippen LogP contribution in [-0.4, -0.2) is 69.2 Å². The summed E-state index contributed by atoms with van der Waals surface area (Å²) in [7, 11) is -14.0. The topological polar surface area (TPSA) is 6.48 Å². The molecule has 202 valence electrons. The number of hydrogen-bond acceptors (Lipinski definition) is 2. The van der Waals surface area contributed by atoms with E-state index in [0.717, 1.165) is 26.2 Å². The van der Waals surface area contributed by atoms with Crippen LogP contribution in [0.4, 0.5) is 60.6 Å². The number of piperazine rings is 1. The van der Waals surface area contributed by atoms with E-state index in [1.54, 1.807) is 0 Å². The molecule has 0 radical (unpaired) electrons. The van der Waals surface area contributed by atoms with Gasteiger partial charge in [-0.2, -0.15) is 0 Å². The molecule has 0 unspecified atom stereocenters. The van der Waals surface area contributed by atoms with Crippen molar-refractivity contribution in [2.45, 2.75) is 51.0 Å². The van der Waals surface area contributed by atoms with E-state index in [9.17, 15) is 60.6 Å². The van der Waals surface area contributed by atoms with Crippen LogP contribution in [0.1, 0.15) is 39.5 Å². The molecule has 0 atom stereocenters. The van der Waals surface area contributed by atoms with Gasteiger partial charge in [-0.15, -0.1) is 0 Å². The van der Waals surface area contributed by atoms with Crippen LogP contribution in [-0.2, 0) is 0 Å². The first-order chi connectivity index (χ1) is 14.3. The molecule has 2 nitrogen and oxygen atoms in total. The van der Waals surface area contributed by atoms with Crippen molar-refractivity contribution < 1.29 is 112 Å². The fourth-order valence-corrected chi connectivity index (χ4v) is 3.33. The van der Waals surface area contributed by atoms with Crippen LogP contribution < -0.4 is 51.4 Å². The molecular weight excluding hydrogens is 534 g/mol. The molecule has 2 fully saturated rings. The normalized spacial score (nSPS) is 20.4. The van der Waals surface area contributed by atoms with Crippen molar-refractivity contribution in [2.24, 2.45) is 5.92 Å². The molecule has 1 aliphatic heterocycles. The number of nitrogens with zero attached hydrogens (tertiary/aromatic N) is 2. The van der Waals surface area contributed by atoms with Gasteiger partial charge in [-0.05, 0) is 45.7 Å². The molecule has 20 heteroatoms. The van der Waals surface area contributed by atoms with Gasteiger partial charge in [0.15, 0.2) is 0 Å². The molecule has 2 rings (SSSR count). The van der Waals surface area contributed by atoms with Crippen LogP contribution in [0.3, 0.4) is 0 Å². The SMILES string of the molecule is F[B-](F)(F)F.F[B-](F)(F)F.F[B-](F)(F)F.[CH2-]N1CCN(C(C)(C)C2CCC(F)(F)CC2)CC1.[K+]. The van der Waals surface area contributed by atoms with E-state index in [1.165, 1.54) is 0 Å². The Morgan fingerprint density at radius 2 is 0.941 bits per heavy atom. The third-order valence-electron chi connectivity index (χ3n) is 4.90. The van der Waals surface area contributed by atoms with Gasteiger partial charge < -0.3 is 56.7 Å². The first-order valence-corrected chi connectivity index (χ1v) is 9.61. The summed E-state index contributed by atoms with van der Waals surface area (Å²) in [6.45, 7) is 8.41. The van der Waals surface area contributed by atoms with Crippen LogP contribution >= 0.6 is 0 Å². The Morgan fingerprint density at radius 3 is 1.21 bits per heavy atom. The Kier molecular flexibility index (Phi) is 18.4. The van der Waals surface area contributed by atoms with Gasteiger partial charge in [0.1, 0.15) is 0 Å². The van der Waals surface area contributed by atoms with Gasteiger partial charge in [0.05, 0.1) is 0 Å². The summed E-state index contributed by atoms with van der Waals surface area (Å²) in [5.74, 6) is -2.02. The minimum atomic E-state index is -6.00. The Hall–Kier alpha value is 0.771. The van der Waals surface area contributed by atoms with Crippen LogP contribution in [0.15, 0.2) is 0 Å². The molecule has 0 spiro atoms. The van der Waals surface area contributed by atoms with E-state index in [4.69, 9.17) is 0 Å². The molecule has 2 aliphatic rings. The quantitative estimate of drug-likeness (QED) is 0.288. The average molecular weight is 559 g/mol. The maximum absolute atomic E-state index is 13.2. The summed E-state index contributed by atoms with van der Waals surface area (Å²) in [4.78, 5) is 4.55. The van der Waals surface area contributed by atoms with E-state index < -0.39 is 27.7 Å². The molecule has 1 saturated heterocycles. The predicted molar refractivity (Wildman–Crippen MR) is 100 cm³/mol. The number of alkyl halides is 2. The molecule has 0 aromatic rings. The van der Waals surface area contributed by atoms with Gasteiger partial charge in [-0.3, -0.25) is 11.9 Å². The molecule has 1 heterocycles. The first-order valence-electron chi connectivity index (χ1n) is 9.61. The summed E-state index contributed by atoms with van der Waals surface area (Å²) >= 11 is 0. The maximum atomic E-state index is 13.2. The zero-order valence-electron chi connectivity index (χ0n) is 18.9. The summed E-state index contributed by atoms with van der Waals surface area (Å²) in [6, 6.07) is 0. The number of halogens is 14. The molecule has 1 aliphatic carbocycles. The van der Waals surface area contributed by atoms with Crippen molar-refractivity contribution >= 4 is 21.8 Å². The van der Waals surface area contributed by atoms with Crippen molar-refractivity contribution in [3.8, 4) is 0 Å². The monoisotopic (exact) mass is 559 g/mol. The third kappa shape index (κ3) is 27.4.